The third-order valence-electron chi connectivity index (χ3n) is 2.83. The van der Waals surface area contributed by atoms with Crippen LogP contribution in [0.5, 0.6) is 0 Å². The molecule has 19 heavy (non-hydrogen) atoms. The molecule has 106 valence electrons. The Morgan fingerprint density at radius 1 is 1.58 bits per heavy atom. The van der Waals surface area contributed by atoms with Crippen LogP contribution in [-0.2, 0) is 4.74 Å². The molecule has 1 fully saturated rings. The molecule has 0 bridgehead atoms. The Bertz CT molecular complexity index is 472. The highest BCUT2D eigenvalue weighted by atomic mass is 79.9. The first-order chi connectivity index (χ1) is 8.78. The molecule has 7 heteroatoms. The van der Waals surface area contributed by atoms with Crippen molar-refractivity contribution in [2.24, 2.45) is 0 Å². The fraction of sp³-hybridized carbons (Fsp3) is 0.667. The minimum absolute atomic E-state index is 0.102. The Hall–Kier alpha value is -0.660. The van der Waals surface area contributed by atoms with E-state index < -0.39 is 11.7 Å². The van der Waals surface area contributed by atoms with Crippen molar-refractivity contribution in [1.82, 2.24) is 9.88 Å². The summed E-state index contributed by atoms with van der Waals surface area (Å²) in [6.07, 6.45) is -0.959. The Morgan fingerprint density at radius 3 is 2.79 bits per heavy atom. The van der Waals surface area contributed by atoms with Crippen LogP contribution in [0.4, 0.5) is 4.79 Å². The van der Waals surface area contributed by atoms with E-state index in [-0.39, 0.29) is 12.0 Å². The molecule has 1 aromatic heterocycles. The number of thiazole rings is 1. The van der Waals surface area contributed by atoms with Crippen molar-refractivity contribution in [1.29, 1.82) is 0 Å². The Balaban J connectivity index is 2.06. The maximum Gasteiger partial charge on any atom is 0.410 e. The zero-order valence-corrected chi connectivity index (χ0v) is 13.5. The van der Waals surface area contributed by atoms with Gasteiger partial charge in [-0.2, -0.15) is 0 Å². The van der Waals surface area contributed by atoms with E-state index in [0.717, 1.165) is 9.48 Å². The smallest absolute Gasteiger partial charge is 0.410 e. The van der Waals surface area contributed by atoms with E-state index in [4.69, 9.17) is 4.74 Å². The van der Waals surface area contributed by atoms with Crippen LogP contribution in [0.25, 0.3) is 0 Å². The minimum Gasteiger partial charge on any atom is -0.444 e. The van der Waals surface area contributed by atoms with Crippen LogP contribution in [0.3, 0.4) is 0 Å². The highest BCUT2D eigenvalue weighted by Gasteiger charge is 2.38. The molecule has 5 nitrogen and oxygen atoms in total. The summed E-state index contributed by atoms with van der Waals surface area (Å²) in [7, 11) is 0. The molecule has 0 aromatic carbocycles. The van der Waals surface area contributed by atoms with Gasteiger partial charge < -0.3 is 14.7 Å². The van der Waals surface area contributed by atoms with Crippen LogP contribution in [0.1, 0.15) is 31.6 Å². The number of hydrogen-bond donors (Lipinski definition) is 1. The van der Waals surface area contributed by atoms with E-state index in [1.54, 1.807) is 10.4 Å². The summed E-state index contributed by atoms with van der Waals surface area (Å²) in [6.45, 7) is 6.23. The number of nitrogens with zero attached hydrogens (tertiary/aromatic N) is 2. The number of hydrogen-bond acceptors (Lipinski definition) is 5. The predicted octanol–water partition coefficient (Wildman–Crippen LogP) is 2.60. The molecule has 1 aliphatic rings. The van der Waals surface area contributed by atoms with Crippen molar-refractivity contribution >= 4 is 33.4 Å². The molecule has 0 saturated carbocycles. The van der Waals surface area contributed by atoms with Gasteiger partial charge in [-0.25, -0.2) is 9.78 Å². The summed E-state index contributed by atoms with van der Waals surface area (Å²) in [5.41, 5.74) is 1.20. The lowest BCUT2D eigenvalue weighted by Crippen LogP contribution is -2.35. The summed E-state index contributed by atoms with van der Waals surface area (Å²) < 4.78 is 6.06. The molecule has 0 spiro atoms. The zero-order valence-electron chi connectivity index (χ0n) is 11.1. The second-order valence-electron chi connectivity index (χ2n) is 5.57. The van der Waals surface area contributed by atoms with Gasteiger partial charge in [0.25, 0.3) is 0 Å². The van der Waals surface area contributed by atoms with Gasteiger partial charge in [-0.1, -0.05) is 0 Å². The lowest BCUT2D eigenvalue weighted by molar-refractivity contribution is 0.0270. The average molecular weight is 349 g/mol. The number of carbonyl (C=O) groups excluding carboxylic acids is 1. The van der Waals surface area contributed by atoms with Crippen LogP contribution < -0.4 is 0 Å². The predicted molar refractivity (Wildman–Crippen MR) is 76.4 cm³/mol. The van der Waals surface area contributed by atoms with Gasteiger partial charge in [0.1, 0.15) is 10.2 Å². The van der Waals surface area contributed by atoms with Crippen molar-refractivity contribution in [3.05, 3.63) is 15.0 Å². The maximum atomic E-state index is 12.0. The largest absolute Gasteiger partial charge is 0.444 e. The number of aliphatic hydroxyl groups excluding tert-OH is 1. The molecule has 1 aliphatic heterocycles. The summed E-state index contributed by atoms with van der Waals surface area (Å²) in [5, 5.41) is 10.1. The fourth-order valence-corrected chi connectivity index (χ4v) is 3.64. The molecular weight excluding hydrogens is 332 g/mol. The van der Waals surface area contributed by atoms with Crippen molar-refractivity contribution in [3.63, 3.8) is 0 Å². The van der Waals surface area contributed by atoms with E-state index >= 15 is 0 Å². The SMILES string of the molecule is CC(C)(C)OC(=O)N1CC(O)C(c2scnc2Br)C1. The van der Waals surface area contributed by atoms with Crippen molar-refractivity contribution in [2.75, 3.05) is 13.1 Å². The van der Waals surface area contributed by atoms with Gasteiger partial charge in [0, 0.05) is 17.3 Å². The highest BCUT2D eigenvalue weighted by molar-refractivity contribution is 9.10. The van der Waals surface area contributed by atoms with Crippen LogP contribution in [0, 0.1) is 0 Å². The van der Waals surface area contributed by atoms with Gasteiger partial charge in [-0.05, 0) is 36.7 Å². The number of likely N-dealkylation sites (tertiary alicyclic amines) is 1. The van der Waals surface area contributed by atoms with Gasteiger partial charge in [0.2, 0.25) is 0 Å². The summed E-state index contributed by atoms with van der Waals surface area (Å²) in [6, 6.07) is 0. The summed E-state index contributed by atoms with van der Waals surface area (Å²) in [4.78, 5) is 18.6. The lowest BCUT2D eigenvalue weighted by Gasteiger charge is -2.24. The molecule has 2 atom stereocenters. The Kier molecular flexibility index (Phi) is 4.17. The standard InChI is InChI=1S/C12H17BrN2O3S/c1-12(2,3)18-11(17)15-4-7(8(16)5-15)9-10(13)14-6-19-9/h6-8,16H,4-5H2,1-3H3. The third-order valence-corrected chi connectivity index (χ3v) is 4.68. The van der Waals surface area contributed by atoms with Gasteiger partial charge >= 0.3 is 6.09 Å². The molecule has 1 amide bonds. The topological polar surface area (TPSA) is 62.7 Å². The molecule has 1 saturated heterocycles. The fourth-order valence-electron chi connectivity index (χ4n) is 2.00. The first-order valence-corrected chi connectivity index (χ1v) is 7.70. The number of halogens is 1. The van der Waals surface area contributed by atoms with Gasteiger partial charge in [-0.3, -0.25) is 0 Å². The Morgan fingerprint density at radius 2 is 2.26 bits per heavy atom. The second kappa shape index (κ2) is 5.38. The van der Waals surface area contributed by atoms with E-state index in [1.807, 2.05) is 20.8 Å². The van der Waals surface area contributed by atoms with E-state index in [9.17, 15) is 9.90 Å². The molecule has 2 unspecified atom stereocenters. The summed E-state index contributed by atoms with van der Waals surface area (Å²) in [5.74, 6) is -0.102. The highest BCUT2D eigenvalue weighted by Crippen LogP contribution is 2.35. The number of ether oxygens (including phenoxy) is 1. The quantitative estimate of drug-likeness (QED) is 0.847. The van der Waals surface area contributed by atoms with Crippen molar-refractivity contribution in [3.8, 4) is 0 Å². The number of aromatic nitrogens is 1. The van der Waals surface area contributed by atoms with Crippen molar-refractivity contribution in [2.45, 2.75) is 38.4 Å². The monoisotopic (exact) mass is 348 g/mol. The van der Waals surface area contributed by atoms with Crippen molar-refractivity contribution < 1.29 is 14.6 Å². The molecule has 0 aliphatic carbocycles. The van der Waals surface area contributed by atoms with Gasteiger partial charge in [0.15, 0.2) is 0 Å². The molecule has 2 rings (SSSR count). The molecule has 0 radical (unpaired) electrons. The molecule has 1 N–H and O–H groups in total. The van der Waals surface area contributed by atoms with Crippen LogP contribution in [-0.4, -0.2) is 45.9 Å². The van der Waals surface area contributed by atoms with E-state index in [0.29, 0.717) is 13.1 Å². The first kappa shape index (κ1) is 14.7. The normalized spacial score (nSPS) is 23.7. The van der Waals surface area contributed by atoms with Gasteiger partial charge in [-0.15, -0.1) is 11.3 Å². The van der Waals surface area contributed by atoms with E-state index in [1.165, 1.54) is 11.3 Å². The second-order valence-corrected chi connectivity index (χ2v) is 7.20. The van der Waals surface area contributed by atoms with Crippen LogP contribution >= 0.6 is 27.3 Å². The molecule has 1 aromatic rings. The minimum atomic E-state index is -0.579. The van der Waals surface area contributed by atoms with E-state index in [2.05, 4.69) is 20.9 Å². The number of rotatable bonds is 1. The third kappa shape index (κ3) is 3.46. The first-order valence-electron chi connectivity index (χ1n) is 6.03. The Labute approximate surface area is 124 Å². The zero-order chi connectivity index (χ0) is 14.2. The number of amides is 1. The number of β-amino-alcohol motifs (C(OH)–C–C–N with tert-alkyl or cyclic N) is 1. The lowest BCUT2D eigenvalue weighted by atomic mass is 10.1. The average Bonchev–Trinajstić information content (AvgIpc) is 2.82. The number of carbonyl (C=O) groups is 1. The molecule has 2 heterocycles. The summed E-state index contributed by atoms with van der Waals surface area (Å²) >= 11 is 4.84. The van der Waals surface area contributed by atoms with Gasteiger partial charge in [0.05, 0.1) is 18.2 Å². The molecular formula is C12H17BrN2O3S. The van der Waals surface area contributed by atoms with Crippen LogP contribution in [0.15, 0.2) is 10.1 Å². The number of aliphatic hydroxyl groups is 1. The van der Waals surface area contributed by atoms with Crippen LogP contribution in [0.2, 0.25) is 0 Å². The maximum absolute atomic E-state index is 12.0.